The molecule has 1 rings (SSSR count). The highest BCUT2D eigenvalue weighted by Gasteiger charge is 2.04. The first-order valence-corrected chi connectivity index (χ1v) is 5.36. The van der Waals surface area contributed by atoms with Crippen molar-refractivity contribution < 1.29 is 9.90 Å². The lowest BCUT2D eigenvalue weighted by Gasteiger charge is -2.04. The van der Waals surface area contributed by atoms with Crippen LogP contribution in [0.1, 0.15) is 6.42 Å². The molecule has 0 unspecified atom stereocenters. The van der Waals surface area contributed by atoms with Crippen LogP contribution < -0.4 is 5.56 Å². The average Bonchev–Trinajstić information content (AvgIpc) is 2.08. The second-order valence-corrected chi connectivity index (χ2v) is 4.42. The number of pyridine rings is 1. The Balaban J connectivity index is 2.97. The summed E-state index contributed by atoms with van der Waals surface area (Å²) >= 11 is 6.31. The predicted octanol–water partition coefficient (Wildman–Crippen LogP) is 1.85. The third-order valence-electron chi connectivity index (χ3n) is 1.58. The number of carboxylic acids is 1. The normalized spacial score (nSPS) is 10.1. The smallest absolute Gasteiger partial charge is 0.305 e. The molecule has 1 heterocycles. The fourth-order valence-corrected chi connectivity index (χ4v) is 2.20. The van der Waals surface area contributed by atoms with E-state index in [1.54, 1.807) is 12.3 Å². The van der Waals surface area contributed by atoms with Crippen LogP contribution in [0.5, 0.6) is 0 Å². The Hall–Kier alpha value is -0.620. The van der Waals surface area contributed by atoms with Gasteiger partial charge >= 0.3 is 5.97 Å². The van der Waals surface area contributed by atoms with Crippen molar-refractivity contribution in [2.75, 3.05) is 0 Å². The summed E-state index contributed by atoms with van der Waals surface area (Å²) < 4.78 is 2.49. The molecule has 6 heteroatoms. The molecule has 0 amide bonds. The molecule has 0 aliphatic carbocycles. The van der Waals surface area contributed by atoms with Gasteiger partial charge in [-0.25, -0.2) is 0 Å². The first kappa shape index (κ1) is 11.5. The number of hydrogen-bond donors (Lipinski definition) is 1. The summed E-state index contributed by atoms with van der Waals surface area (Å²) in [6.45, 7) is 0.173. The number of aliphatic carboxylic acids is 1. The third kappa shape index (κ3) is 2.95. The van der Waals surface area contributed by atoms with E-state index in [4.69, 9.17) is 5.11 Å². The molecule has 1 N–H and O–H groups in total. The molecule has 0 saturated heterocycles. The molecule has 0 bridgehead atoms. The highest BCUT2D eigenvalue weighted by molar-refractivity contribution is 9.11. The fraction of sp³-hybridized carbons (Fsp3) is 0.250. The van der Waals surface area contributed by atoms with Crippen molar-refractivity contribution in [2.45, 2.75) is 13.0 Å². The zero-order valence-electron chi connectivity index (χ0n) is 7.04. The number of rotatable bonds is 3. The molecule has 1 aromatic heterocycles. The Morgan fingerprint density at radius 3 is 2.71 bits per heavy atom. The molecule has 0 aromatic carbocycles. The van der Waals surface area contributed by atoms with E-state index >= 15 is 0 Å². The third-order valence-corrected chi connectivity index (χ3v) is 2.58. The lowest BCUT2D eigenvalue weighted by molar-refractivity contribution is -0.137. The van der Waals surface area contributed by atoms with Crippen molar-refractivity contribution >= 4 is 37.8 Å². The first-order chi connectivity index (χ1) is 6.50. The van der Waals surface area contributed by atoms with E-state index in [1.165, 1.54) is 4.57 Å². The highest BCUT2D eigenvalue weighted by Crippen LogP contribution is 2.12. The van der Waals surface area contributed by atoms with E-state index in [0.29, 0.717) is 4.47 Å². The Labute approximate surface area is 96.8 Å². The molecule has 0 aliphatic rings. The van der Waals surface area contributed by atoms with E-state index in [0.717, 1.165) is 4.47 Å². The van der Waals surface area contributed by atoms with Gasteiger partial charge in [-0.15, -0.1) is 0 Å². The van der Waals surface area contributed by atoms with Gasteiger partial charge in [-0.2, -0.15) is 0 Å². The van der Waals surface area contributed by atoms with E-state index in [-0.39, 0.29) is 18.5 Å². The summed E-state index contributed by atoms with van der Waals surface area (Å²) in [4.78, 5) is 21.8. The topological polar surface area (TPSA) is 59.3 Å². The van der Waals surface area contributed by atoms with Crippen molar-refractivity contribution in [3.63, 3.8) is 0 Å². The van der Waals surface area contributed by atoms with Crippen LogP contribution >= 0.6 is 31.9 Å². The van der Waals surface area contributed by atoms with Crippen molar-refractivity contribution in [3.05, 3.63) is 31.6 Å². The monoisotopic (exact) mass is 323 g/mol. The van der Waals surface area contributed by atoms with Crippen molar-refractivity contribution in [3.8, 4) is 0 Å². The largest absolute Gasteiger partial charge is 0.481 e. The SMILES string of the molecule is O=C(O)CCn1cc(Br)cc(Br)c1=O. The minimum absolute atomic E-state index is 0.0667. The van der Waals surface area contributed by atoms with Gasteiger partial charge in [-0.05, 0) is 37.9 Å². The van der Waals surface area contributed by atoms with Crippen LogP contribution in [0.2, 0.25) is 0 Å². The molecule has 0 fully saturated rings. The molecule has 0 saturated carbocycles. The van der Waals surface area contributed by atoms with Crippen LogP contribution in [0.15, 0.2) is 26.0 Å². The van der Waals surface area contributed by atoms with E-state index < -0.39 is 5.97 Å². The number of aromatic nitrogens is 1. The number of carboxylic acid groups (broad SMARTS) is 1. The van der Waals surface area contributed by atoms with Crippen molar-refractivity contribution in [1.82, 2.24) is 4.57 Å². The summed E-state index contributed by atoms with van der Waals surface area (Å²) in [6.07, 6.45) is 1.50. The number of halogens is 2. The van der Waals surface area contributed by atoms with Crippen molar-refractivity contribution in [1.29, 1.82) is 0 Å². The average molecular weight is 325 g/mol. The van der Waals surface area contributed by atoms with Gasteiger partial charge in [0.25, 0.3) is 5.56 Å². The summed E-state index contributed by atoms with van der Waals surface area (Å²) in [5.74, 6) is -0.923. The standard InChI is InChI=1S/C8H7Br2NO3/c9-5-3-6(10)8(14)11(4-5)2-1-7(12)13/h3-4H,1-2H2,(H,12,13). The summed E-state index contributed by atoms with van der Waals surface area (Å²) in [5, 5.41) is 8.47. The first-order valence-electron chi connectivity index (χ1n) is 3.78. The second-order valence-electron chi connectivity index (χ2n) is 2.65. The Morgan fingerprint density at radius 1 is 1.50 bits per heavy atom. The Bertz CT molecular complexity index is 414. The molecule has 0 aliphatic heterocycles. The van der Waals surface area contributed by atoms with Crippen LogP contribution in [0.4, 0.5) is 0 Å². The highest BCUT2D eigenvalue weighted by atomic mass is 79.9. The quantitative estimate of drug-likeness (QED) is 0.923. The maximum absolute atomic E-state index is 11.4. The minimum atomic E-state index is -0.923. The molecule has 0 atom stereocenters. The number of carbonyl (C=O) groups is 1. The Morgan fingerprint density at radius 2 is 2.14 bits per heavy atom. The molecular formula is C8H7Br2NO3. The number of aryl methyl sites for hydroxylation is 1. The molecule has 4 nitrogen and oxygen atoms in total. The van der Waals surface area contributed by atoms with Crippen LogP contribution in [-0.2, 0) is 11.3 Å². The van der Waals surface area contributed by atoms with E-state index in [1.807, 2.05) is 0 Å². The Kier molecular flexibility index (Phi) is 3.88. The number of nitrogens with zero attached hydrogens (tertiary/aromatic N) is 1. The molecule has 14 heavy (non-hydrogen) atoms. The summed E-state index contributed by atoms with van der Waals surface area (Å²) in [5.41, 5.74) is -0.227. The van der Waals surface area contributed by atoms with Gasteiger partial charge in [0.15, 0.2) is 0 Å². The molecule has 1 aromatic rings. The second kappa shape index (κ2) is 4.75. The van der Waals surface area contributed by atoms with Gasteiger partial charge in [-0.3, -0.25) is 9.59 Å². The predicted molar refractivity (Wildman–Crippen MR) is 58.4 cm³/mol. The van der Waals surface area contributed by atoms with Gasteiger partial charge in [0.1, 0.15) is 0 Å². The van der Waals surface area contributed by atoms with Crippen LogP contribution in [0.3, 0.4) is 0 Å². The number of hydrogen-bond acceptors (Lipinski definition) is 2. The molecular weight excluding hydrogens is 318 g/mol. The van der Waals surface area contributed by atoms with Crippen LogP contribution in [0.25, 0.3) is 0 Å². The minimum Gasteiger partial charge on any atom is -0.481 e. The van der Waals surface area contributed by atoms with Crippen LogP contribution in [-0.4, -0.2) is 15.6 Å². The summed E-state index contributed by atoms with van der Waals surface area (Å²) in [6, 6.07) is 1.62. The van der Waals surface area contributed by atoms with Gasteiger partial charge in [0, 0.05) is 17.2 Å². The molecule has 0 spiro atoms. The van der Waals surface area contributed by atoms with Gasteiger partial charge in [0.2, 0.25) is 0 Å². The fourth-order valence-electron chi connectivity index (χ4n) is 0.947. The lowest BCUT2D eigenvalue weighted by atomic mass is 10.4. The summed E-state index contributed by atoms with van der Waals surface area (Å²) in [7, 11) is 0. The molecule has 0 radical (unpaired) electrons. The molecule has 76 valence electrons. The van der Waals surface area contributed by atoms with E-state index in [9.17, 15) is 9.59 Å². The van der Waals surface area contributed by atoms with E-state index in [2.05, 4.69) is 31.9 Å². The maximum Gasteiger partial charge on any atom is 0.305 e. The van der Waals surface area contributed by atoms with Crippen molar-refractivity contribution in [2.24, 2.45) is 0 Å². The lowest BCUT2D eigenvalue weighted by Crippen LogP contribution is -2.21. The van der Waals surface area contributed by atoms with Crippen LogP contribution in [0, 0.1) is 0 Å². The van der Waals surface area contributed by atoms with Gasteiger partial charge in [0.05, 0.1) is 10.9 Å². The van der Waals surface area contributed by atoms with Gasteiger partial charge < -0.3 is 9.67 Å². The maximum atomic E-state index is 11.4. The van der Waals surface area contributed by atoms with Gasteiger partial charge in [-0.1, -0.05) is 0 Å². The zero-order valence-corrected chi connectivity index (χ0v) is 10.2. The zero-order chi connectivity index (χ0) is 10.7.